The average Bonchev–Trinajstić information content (AvgIpc) is 2.38. The minimum atomic E-state index is -3.26. The highest BCUT2D eigenvalue weighted by molar-refractivity contribution is 7.51. The fourth-order valence-corrected chi connectivity index (χ4v) is 0.829. The van der Waals surface area contributed by atoms with Gasteiger partial charge in [-0.25, -0.2) is 0 Å². The minimum Gasteiger partial charge on any atom is -0.371 e. The molecule has 1 rings (SSSR count). The van der Waals surface area contributed by atoms with Gasteiger partial charge in [0, 0.05) is 6.66 Å². The van der Waals surface area contributed by atoms with Crippen LogP contribution in [0.3, 0.4) is 0 Å². The third kappa shape index (κ3) is 3.65. The molecular weight excluding hydrogens is 143 g/mol. The van der Waals surface area contributed by atoms with Crippen molar-refractivity contribution in [1.82, 2.24) is 0 Å². The van der Waals surface area contributed by atoms with E-state index in [9.17, 15) is 4.57 Å². The van der Waals surface area contributed by atoms with E-state index in [1.807, 2.05) is 0 Å². The van der Waals surface area contributed by atoms with E-state index < -0.39 is 7.60 Å². The molecule has 1 N–H and O–H groups in total. The van der Waals surface area contributed by atoms with E-state index in [0.717, 1.165) is 6.66 Å². The SMILES string of the molecule is CP(=O)(O)OCC1CO1. The lowest BCUT2D eigenvalue weighted by Gasteiger charge is -2.02. The van der Waals surface area contributed by atoms with Crippen LogP contribution in [0.4, 0.5) is 0 Å². The van der Waals surface area contributed by atoms with Crippen LogP contribution in [0, 0.1) is 0 Å². The largest absolute Gasteiger partial charge is 0.371 e. The van der Waals surface area contributed by atoms with Gasteiger partial charge in [-0.15, -0.1) is 0 Å². The fraction of sp³-hybridized carbons (Fsp3) is 1.00. The van der Waals surface area contributed by atoms with E-state index in [4.69, 9.17) is 9.63 Å². The van der Waals surface area contributed by atoms with Gasteiger partial charge in [-0.2, -0.15) is 0 Å². The first-order valence-electron chi connectivity index (χ1n) is 2.64. The molecule has 1 fully saturated rings. The van der Waals surface area contributed by atoms with Gasteiger partial charge in [-0.05, 0) is 0 Å². The van der Waals surface area contributed by atoms with Crippen molar-refractivity contribution in [1.29, 1.82) is 0 Å². The lowest BCUT2D eigenvalue weighted by Crippen LogP contribution is -1.98. The third-order valence-corrected chi connectivity index (χ3v) is 1.53. The van der Waals surface area contributed by atoms with E-state index in [1.165, 1.54) is 0 Å². The minimum absolute atomic E-state index is 0.0606. The molecule has 0 bridgehead atoms. The quantitative estimate of drug-likeness (QED) is 0.464. The van der Waals surface area contributed by atoms with Crippen molar-refractivity contribution in [3.8, 4) is 0 Å². The van der Waals surface area contributed by atoms with E-state index in [2.05, 4.69) is 4.52 Å². The number of ether oxygens (including phenoxy) is 1. The maximum absolute atomic E-state index is 10.4. The predicted molar refractivity (Wildman–Crippen MR) is 31.4 cm³/mol. The summed E-state index contributed by atoms with van der Waals surface area (Å²) in [5.41, 5.74) is 0. The van der Waals surface area contributed by atoms with Gasteiger partial charge < -0.3 is 14.2 Å². The molecule has 0 aromatic heterocycles. The molecule has 2 unspecified atom stereocenters. The average molecular weight is 152 g/mol. The van der Waals surface area contributed by atoms with Crippen molar-refractivity contribution >= 4 is 7.60 Å². The second-order valence-electron chi connectivity index (χ2n) is 2.05. The number of hydrogen-bond acceptors (Lipinski definition) is 3. The third-order valence-electron chi connectivity index (χ3n) is 0.902. The van der Waals surface area contributed by atoms with E-state index in [0.29, 0.717) is 6.61 Å². The highest BCUT2D eigenvalue weighted by Crippen LogP contribution is 2.37. The molecule has 0 aliphatic carbocycles. The van der Waals surface area contributed by atoms with Gasteiger partial charge in [0.1, 0.15) is 6.10 Å². The summed E-state index contributed by atoms with van der Waals surface area (Å²) < 4.78 is 19.7. The Hall–Kier alpha value is 0.110. The van der Waals surface area contributed by atoms with Gasteiger partial charge in [0.2, 0.25) is 0 Å². The zero-order valence-corrected chi connectivity index (χ0v) is 6.01. The van der Waals surface area contributed by atoms with Gasteiger partial charge in [0.05, 0.1) is 13.2 Å². The maximum Gasteiger partial charge on any atom is 0.325 e. The van der Waals surface area contributed by atoms with Crippen molar-refractivity contribution in [2.24, 2.45) is 0 Å². The molecule has 9 heavy (non-hydrogen) atoms. The summed E-state index contributed by atoms with van der Waals surface area (Å²) in [6.45, 7) is 2.06. The Kier molecular flexibility index (Phi) is 1.91. The monoisotopic (exact) mass is 152 g/mol. The van der Waals surface area contributed by atoms with Gasteiger partial charge in [-0.1, -0.05) is 0 Å². The van der Waals surface area contributed by atoms with Crippen molar-refractivity contribution in [2.45, 2.75) is 6.10 Å². The van der Waals surface area contributed by atoms with Crippen LogP contribution in [0.15, 0.2) is 0 Å². The van der Waals surface area contributed by atoms with Crippen LogP contribution in [0.2, 0.25) is 0 Å². The molecule has 1 saturated heterocycles. The van der Waals surface area contributed by atoms with Crippen LogP contribution < -0.4 is 0 Å². The summed E-state index contributed by atoms with van der Waals surface area (Å²) in [6, 6.07) is 0. The summed E-state index contributed by atoms with van der Waals surface area (Å²) in [4.78, 5) is 8.57. The van der Waals surface area contributed by atoms with Crippen molar-refractivity contribution in [3.05, 3.63) is 0 Å². The highest BCUT2D eigenvalue weighted by atomic mass is 31.2. The van der Waals surface area contributed by atoms with Crippen LogP contribution in [0.5, 0.6) is 0 Å². The first-order valence-corrected chi connectivity index (χ1v) is 4.67. The van der Waals surface area contributed by atoms with Crippen LogP contribution in [0.1, 0.15) is 0 Å². The Morgan fingerprint density at radius 2 is 2.56 bits per heavy atom. The summed E-state index contributed by atoms with van der Waals surface area (Å²) in [5.74, 6) is 0. The van der Waals surface area contributed by atoms with Crippen molar-refractivity contribution in [2.75, 3.05) is 19.9 Å². The molecule has 0 amide bonds. The first kappa shape index (κ1) is 7.22. The molecule has 1 aliphatic rings. The molecular formula is C4H9O4P. The Bertz CT molecular complexity index is 136. The molecule has 1 heterocycles. The number of hydrogen-bond donors (Lipinski definition) is 1. The Balaban J connectivity index is 2.10. The van der Waals surface area contributed by atoms with E-state index in [-0.39, 0.29) is 12.7 Å². The second kappa shape index (κ2) is 2.39. The maximum atomic E-state index is 10.4. The molecule has 4 nitrogen and oxygen atoms in total. The summed E-state index contributed by atoms with van der Waals surface area (Å²) in [5, 5.41) is 0. The molecule has 0 aromatic rings. The Labute approximate surface area is 53.3 Å². The standard InChI is InChI=1S/C4H9O4P/c1-9(5,6)8-3-4-2-7-4/h4H,2-3H2,1H3,(H,5,6). The predicted octanol–water partition coefficient (Wildman–Crippen LogP) is 0.217. The lowest BCUT2D eigenvalue weighted by atomic mass is 10.5. The zero-order chi connectivity index (χ0) is 6.91. The Morgan fingerprint density at radius 1 is 2.00 bits per heavy atom. The van der Waals surface area contributed by atoms with Crippen LogP contribution in [0.25, 0.3) is 0 Å². The molecule has 0 radical (unpaired) electrons. The molecule has 0 saturated carbocycles. The molecule has 5 heteroatoms. The van der Waals surface area contributed by atoms with Gasteiger partial charge in [-0.3, -0.25) is 4.57 Å². The van der Waals surface area contributed by atoms with Gasteiger partial charge in [0.25, 0.3) is 0 Å². The van der Waals surface area contributed by atoms with E-state index in [1.54, 1.807) is 0 Å². The molecule has 54 valence electrons. The highest BCUT2D eigenvalue weighted by Gasteiger charge is 2.25. The second-order valence-corrected chi connectivity index (χ2v) is 3.92. The van der Waals surface area contributed by atoms with Gasteiger partial charge >= 0.3 is 7.60 Å². The van der Waals surface area contributed by atoms with Crippen molar-refractivity contribution in [3.63, 3.8) is 0 Å². The molecule has 1 aliphatic heterocycles. The number of epoxide rings is 1. The van der Waals surface area contributed by atoms with E-state index >= 15 is 0 Å². The molecule has 0 aromatic carbocycles. The van der Waals surface area contributed by atoms with Crippen molar-refractivity contribution < 1.29 is 18.7 Å². The fourth-order valence-electron chi connectivity index (χ4n) is 0.386. The van der Waals surface area contributed by atoms with Crippen LogP contribution >= 0.6 is 7.60 Å². The Morgan fingerprint density at radius 3 is 2.89 bits per heavy atom. The zero-order valence-electron chi connectivity index (χ0n) is 5.11. The van der Waals surface area contributed by atoms with Crippen LogP contribution in [-0.2, 0) is 13.8 Å². The number of rotatable bonds is 3. The first-order chi connectivity index (χ1) is 4.08. The molecule has 2 atom stereocenters. The van der Waals surface area contributed by atoms with Crippen LogP contribution in [-0.4, -0.2) is 30.9 Å². The normalized spacial score (nSPS) is 31.6. The summed E-state index contributed by atoms with van der Waals surface area (Å²) >= 11 is 0. The topological polar surface area (TPSA) is 59.1 Å². The summed E-state index contributed by atoms with van der Waals surface area (Å²) in [7, 11) is -3.26. The smallest absolute Gasteiger partial charge is 0.325 e. The lowest BCUT2D eigenvalue weighted by molar-refractivity contribution is 0.232. The summed E-state index contributed by atoms with van der Waals surface area (Å²) in [6.07, 6.45) is 0.0606. The molecule has 0 spiro atoms. The van der Waals surface area contributed by atoms with Gasteiger partial charge in [0.15, 0.2) is 0 Å².